The highest BCUT2D eigenvalue weighted by Gasteiger charge is 2.34. The maximum atomic E-state index is 13.4. The van der Waals surface area contributed by atoms with Crippen LogP contribution in [0.2, 0.25) is 0 Å². The predicted molar refractivity (Wildman–Crippen MR) is 120 cm³/mol. The van der Waals surface area contributed by atoms with E-state index in [1.165, 1.54) is 4.57 Å². The monoisotopic (exact) mass is 438 g/mol. The topological polar surface area (TPSA) is 100 Å². The van der Waals surface area contributed by atoms with Crippen LogP contribution in [0.1, 0.15) is 65.4 Å². The van der Waals surface area contributed by atoms with Crippen LogP contribution in [0.25, 0.3) is 0 Å². The number of aromatic nitrogens is 3. The Kier molecular flexibility index (Phi) is 5.99. The molecule has 2 aliphatic heterocycles. The zero-order valence-electron chi connectivity index (χ0n) is 19.1. The van der Waals surface area contributed by atoms with Crippen molar-refractivity contribution in [3.05, 3.63) is 50.8 Å². The van der Waals surface area contributed by atoms with Gasteiger partial charge < -0.3 is 19.7 Å². The Hall–Kier alpha value is -3.23. The molecule has 0 aliphatic carbocycles. The maximum Gasteiger partial charge on any atom is 0.263 e. The van der Waals surface area contributed by atoms with E-state index in [1.54, 1.807) is 35.9 Å². The lowest BCUT2D eigenvalue weighted by atomic mass is 9.99. The standard InChI is InChI=1S/C23H30N6O3/c1-14-8-9-17(22(31)27(14)4)23(32)29-11-6-5-7-19(29)21-25-18-13-28(15(2)30)12-10-16(18)20(24-3)26-21/h8-9,19H,5-7,10-13H2,1-4H3,(H,24,25,26). The van der Waals surface area contributed by atoms with Crippen molar-refractivity contribution in [2.24, 2.45) is 7.05 Å². The molecule has 2 amide bonds. The zero-order chi connectivity index (χ0) is 23.0. The van der Waals surface area contributed by atoms with E-state index in [2.05, 4.69) is 5.32 Å². The van der Waals surface area contributed by atoms with Crippen molar-refractivity contribution >= 4 is 17.6 Å². The van der Waals surface area contributed by atoms with Crippen LogP contribution in [-0.2, 0) is 24.8 Å². The molecule has 1 N–H and O–H groups in total. The van der Waals surface area contributed by atoms with Crippen LogP contribution < -0.4 is 10.9 Å². The number of carbonyl (C=O) groups excluding carboxylic acids is 2. The Morgan fingerprint density at radius 3 is 2.66 bits per heavy atom. The van der Waals surface area contributed by atoms with Crippen molar-refractivity contribution in [2.45, 2.75) is 52.1 Å². The molecule has 0 radical (unpaired) electrons. The highest BCUT2D eigenvalue weighted by Crippen LogP contribution is 2.33. The highest BCUT2D eigenvalue weighted by atomic mass is 16.2. The van der Waals surface area contributed by atoms with Crippen molar-refractivity contribution < 1.29 is 9.59 Å². The highest BCUT2D eigenvalue weighted by molar-refractivity contribution is 5.94. The summed E-state index contributed by atoms with van der Waals surface area (Å²) in [4.78, 5) is 51.2. The summed E-state index contributed by atoms with van der Waals surface area (Å²) in [7, 11) is 3.50. The molecule has 4 rings (SSSR count). The van der Waals surface area contributed by atoms with Crippen LogP contribution in [0.3, 0.4) is 0 Å². The normalized spacial score (nSPS) is 18.3. The summed E-state index contributed by atoms with van der Waals surface area (Å²) >= 11 is 0. The van der Waals surface area contributed by atoms with Crippen LogP contribution in [0.5, 0.6) is 0 Å². The molecule has 9 nitrogen and oxygen atoms in total. The number of anilines is 1. The third-order valence-electron chi connectivity index (χ3n) is 6.61. The van der Waals surface area contributed by atoms with Crippen molar-refractivity contribution in [1.29, 1.82) is 0 Å². The number of hydrogen-bond donors (Lipinski definition) is 1. The Bertz CT molecular complexity index is 1130. The molecule has 0 saturated carbocycles. The Labute approximate surface area is 187 Å². The van der Waals surface area contributed by atoms with Gasteiger partial charge in [0, 0.05) is 45.4 Å². The first-order chi connectivity index (χ1) is 15.3. The molecule has 0 bridgehead atoms. The number of rotatable bonds is 3. The molecule has 1 atom stereocenters. The fourth-order valence-corrected chi connectivity index (χ4v) is 4.56. The largest absolute Gasteiger partial charge is 0.373 e. The van der Waals surface area contributed by atoms with Gasteiger partial charge in [-0.2, -0.15) is 0 Å². The van der Waals surface area contributed by atoms with E-state index in [0.717, 1.165) is 42.0 Å². The second kappa shape index (κ2) is 8.72. The molecule has 4 heterocycles. The van der Waals surface area contributed by atoms with Crippen molar-refractivity contribution in [3.8, 4) is 0 Å². The average molecular weight is 439 g/mol. The third-order valence-corrected chi connectivity index (χ3v) is 6.61. The van der Waals surface area contributed by atoms with Crippen LogP contribution in [0.15, 0.2) is 16.9 Å². The van der Waals surface area contributed by atoms with E-state index in [-0.39, 0.29) is 29.0 Å². The van der Waals surface area contributed by atoms with Crippen molar-refractivity contribution in [3.63, 3.8) is 0 Å². The van der Waals surface area contributed by atoms with Gasteiger partial charge in [-0.15, -0.1) is 0 Å². The number of likely N-dealkylation sites (tertiary alicyclic amines) is 1. The second-order valence-corrected chi connectivity index (χ2v) is 8.56. The lowest BCUT2D eigenvalue weighted by molar-refractivity contribution is -0.129. The Balaban J connectivity index is 1.72. The molecule has 170 valence electrons. The maximum absolute atomic E-state index is 13.4. The Morgan fingerprint density at radius 1 is 1.16 bits per heavy atom. The van der Waals surface area contributed by atoms with Gasteiger partial charge in [0.25, 0.3) is 11.5 Å². The summed E-state index contributed by atoms with van der Waals surface area (Å²) in [6.07, 6.45) is 3.25. The molecule has 2 aromatic rings. The summed E-state index contributed by atoms with van der Waals surface area (Å²) < 4.78 is 1.50. The number of pyridine rings is 1. The van der Waals surface area contributed by atoms with E-state index in [4.69, 9.17) is 9.97 Å². The van der Waals surface area contributed by atoms with Gasteiger partial charge in [-0.25, -0.2) is 9.97 Å². The molecule has 1 unspecified atom stereocenters. The number of carbonyl (C=O) groups is 2. The first-order valence-corrected chi connectivity index (χ1v) is 11.1. The van der Waals surface area contributed by atoms with Gasteiger partial charge >= 0.3 is 0 Å². The number of fused-ring (bicyclic) bond motifs is 1. The van der Waals surface area contributed by atoms with E-state index in [0.29, 0.717) is 31.9 Å². The molecule has 2 aliphatic rings. The van der Waals surface area contributed by atoms with Crippen LogP contribution in [-0.4, -0.2) is 56.3 Å². The van der Waals surface area contributed by atoms with Gasteiger partial charge in [0.2, 0.25) is 5.91 Å². The summed E-state index contributed by atoms with van der Waals surface area (Å²) in [5, 5.41) is 3.17. The molecule has 1 saturated heterocycles. The number of nitrogens with zero attached hydrogens (tertiary/aromatic N) is 5. The lowest BCUT2D eigenvalue weighted by Crippen LogP contribution is -2.42. The minimum Gasteiger partial charge on any atom is -0.373 e. The van der Waals surface area contributed by atoms with Crippen LogP contribution >= 0.6 is 0 Å². The SMILES string of the molecule is CNc1nc(C2CCCCN2C(=O)c2ccc(C)n(C)c2=O)nc2c1CCN(C(C)=O)C2. The second-order valence-electron chi connectivity index (χ2n) is 8.56. The minimum absolute atomic E-state index is 0.0199. The van der Waals surface area contributed by atoms with E-state index in [1.807, 2.05) is 14.0 Å². The molecular formula is C23H30N6O3. The number of hydrogen-bond acceptors (Lipinski definition) is 6. The molecule has 0 aromatic carbocycles. The molecule has 1 fully saturated rings. The van der Waals surface area contributed by atoms with E-state index >= 15 is 0 Å². The average Bonchev–Trinajstić information content (AvgIpc) is 2.81. The predicted octanol–water partition coefficient (Wildman–Crippen LogP) is 1.80. The minimum atomic E-state index is -0.313. The molecular weight excluding hydrogens is 408 g/mol. The molecule has 0 spiro atoms. The number of amides is 2. The van der Waals surface area contributed by atoms with Crippen molar-refractivity contribution in [2.75, 3.05) is 25.5 Å². The van der Waals surface area contributed by atoms with Gasteiger partial charge in [0.15, 0.2) is 5.82 Å². The summed E-state index contributed by atoms with van der Waals surface area (Å²) in [5.41, 5.74) is 2.52. The first-order valence-electron chi connectivity index (χ1n) is 11.1. The van der Waals surface area contributed by atoms with Gasteiger partial charge in [-0.05, 0) is 44.7 Å². The van der Waals surface area contributed by atoms with Crippen LogP contribution in [0, 0.1) is 6.92 Å². The Morgan fingerprint density at radius 2 is 1.94 bits per heavy atom. The first kappa shape index (κ1) is 22.0. The molecule has 2 aromatic heterocycles. The third kappa shape index (κ3) is 3.87. The van der Waals surface area contributed by atoms with Gasteiger partial charge in [0.1, 0.15) is 11.4 Å². The zero-order valence-corrected chi connectivity index (χ0v) is 19.1. The fourth-order valence-electron chi connectivity index (χ4n) is 4.56. The fraction of sp³-hybridized carbons (Fsp3) is 0.522. The lowest BCUT2D eigenvalue weighted by Gasteiger charge is -2.36. The quantitative estimate of drug-likeness (QED) is 0.784. The van der Waals surface area contributed by atoms with E-state index in [9.17, 15) is 14.4 Å². The smallest absolute Gasteiger partial charge is 0.263 e. The van der Waals surface area contributed by atoms with E-state index < -0.39 is 0 Å². The number of piperidine rings is 1. The summed E-state index contributed by atoms with van der Waals surface area (Å²) in [6.45, 7) is 5.04. The summed E-state index contributed by atoms with van der Waals surface area (Å²) in [5.74, 6) is 1.05. The van der Waals surface area contributed by atoms with Crippen molar-refractivity contribution in [1.82, 2.24) is 24.3 Å². The van der Waals surface area contributed by atoms with Gasteiger partial charge in [-0.3, -0.25) is 14.4 Å². The summed E-state index contributed by atoms with van der Waals surface area (Å²) in [6, 6.07) is 3.09. The molecule has 9 heteroatoms. The van der Waals surface area contributed by atoms with Crippen LogP contribution in [0.4, 0.5) is 5.82 Å². The molecule has 32 heavy (non-hydrogen) atoms. The van der Waals surface area contributed by atoms with Gasteiger partial charge in [-0.1, -0.05) is 0 Å². The number of aryl methyl sites for hydroxylation is 1. The number of nitrogens with one attached hydrogen (secondary N) is 1. The van der Waals surface area contributed by atoms with Gasteiger partial charge in [0.05, 0.1) is 18.3 Å².